The van der Waals surface area contributed by atoms with Crippen molar-refractivity contribution in [2.45, 2.75) is 39.5 Å². The van der Waals surface area contributed by atoms with Crippen LogP contribution in [0.2, 0.25) is 0 Å². The van der Waals surface area contributed by atoms with Crippen molar-refractivity contribution in [3.63, 3.8) is 0 Å². The van der Waals surface area contributed by atoms with Crippen LogP contribution in [0.3, 0.4) is 0 Å². The highest BCUT2D eigenvalue weighted by atomic mass is 35.5. The molecule has 1 aliphatic rings. The molecule has 3 rings (SSSR count). The summed E-state index contributed by atoms with van der Waals surface area (Å²) in [6, 6.07) is 8.31. The molecule has 0 bridgehead atoms. The molecule has 0 amide bonds. The first-order valence-electron chi connectivity index (χ1n) is 6.82. The number of aromatic nitrogens is 1. The van der Waals surface area contributed by atoms with Gasteiger partial charge in [0.15, 0.2) is 0 Å². The summed E-state index contributed by atoms with van der Waals surface area (Å²) in [5.41, 5.74) is 1.78. The quantitative estimate of drug-likeness (QED) is 0.715. The smallest absolute Gasteiger partial charge is 0.0953 e. The molecule has 0 spiro atoms. The molecule has 1 atom stereocenters. The molecule has 1 aliphatic carbocycles. The van der Waals surface area contributed by atoms with Crippen LogP contribution in [0.5, 0.6) is 0 Å². The van der Waals surface area contributed by atoms with Crippen LogP contribution in [-0.4, -0.2) is 10.4 Å². The second-order valence-corrected chi connectivity index (χ2v) is 8.39. The van der Waals surface area contributed by atoms with Crippen LogP contribution < -0.4 is 0 Å². The van der Waals surface area contributed by atoms with E-state index in [0.29, 0.717) is 16.7 Å². The van der Waals surface area contributed by atoms with Crippen LogP contribution in [-0.2, 0) is 6.42 Å². The number of thiazole rings is 1. The molecule has 1 nitrogen and oxygen atoms in total. The van der Waals surface area contributed by atoms with Gasteiger partial charge in [0.25, 0.3) is 0 Å². The van der Waals surface area contributed by atoms with E-state index in [4.69, 9.17) is 16.6 Å². The van der Waals surface area contributed by atoms with E-state index in [-0.39, 0.29) is 5.38 Å². The van der Waals surface area contributed by atoms with E-state index in [1.54, 1.807) is 11.3 Å². The highest BCUT2D eigenvalue weighted by Crippen LogP contribution is 2.70. The molecule has 1 saturated carbocycles. The summed E-state index contributed by atoms with van der Waals surface area (Å²) >= 11 is 8.45. The van der Waals surface area contributed by atoms with E-state index in [9.17, 15) is 0 Å². The van der Waals surface area contributed by atoms with Gasteiger partial charge in [-0.2, -0.15) is 0 Å². The number of nitrogens with zero attached hydrogens (tertiary/aromatic N) is 1. The van der Waals surface area contributed by atoms with Gasteiger partial charge < -0.3 is 0 Å². The first-order chi connectivity index (χ1) is 8.84. The van der Waals surface area contributed by atoms with Gasteiger partial charge in [-0.3, -0.25) is 0 Å². The predicted molar refractivity (Wildman–Crippen MR) is 84.0 cm³/mol. The number of halogens is 1. The van der Waals surface area contributed by atoms with Crippen LogP contribution in [0.15, 0.2) is 24.3 Å². The average molecular weight is 294 g/mol. The van der Waals surface area contributed by atoms with E-state index in [2.05, 4.69) is 45.9 Å². The number of hydrogen-bond donors (Lipinski definition) is 0. The molecule has 0 radical (unpaired) electrons. The fraction of sp³-hybridized carbons (Fsp3) is 0.562. The number of fused-ring (bicyclic) bond motifs is 1. The Morgan fingerprint density at radius 1 is 1.21 bits per heavy atom. The molecule has 1 aromatic carbocycles. The van der Waals surface area contributed by atoms with Crippen molar-refractivity contribution in [3.05, 3.63) is 29.3 Å². The Morgan fingerprint density at radius 3 is 2.42 bits per heavy atom. The molecule has 1 heterocycles. The lowest BCUT2D eigenvalue weighted by molar-refractivity contribution is 0.457. The van der Waals surface area contributed by atoms with Gasteiger partial charge in [0.05, 0.1) is 15.2 Å². The number of alkyl halides is 1. The molecule has 3 heteroatoms. The van der Waals surface area contributed by atoms with Crippen molar-refractivity contribution in [1.82, 2.24) is 4.98 Å². The second kappa shape index (κ2) is 4.20. The third kappa shape index (κ3) is 2.00. The van der Waals surface area contributed by atoms with Crippen LogP contribution >= 0.6 is 22.9 Å². The van der Waals surface area contributed by atoms with Crippen LogP contribution in [0.25, 0.3) is 10.2 Å². The Morgan fingerprint density at radius 2 is 1.84 bits per heavy atom. The molecule has 1 fully saturated rings. The number of rotatable bonds is 3. The Labute approximate surface area is 124 Å². The Bertz CT molecular complexity index is 567. The van der Waals surface area contributed by atoms with Gasteiger partial charge in [0, 0.05) is 11.8 Å². The highest BCUT2D eigenvalue weighted by molar-refractivity contribution is 7.18. The van der Waals surface area contributed by atoms with Crippen LogP contribution in [0.4, 0.5) is 0 Å². The minimum Gasteiger partial charge on any atom is -0.241 e. The molecule has 2 aromatic rings. The maximum Gasteiger partial charge on any atom is 0.0953 e. The highest BCUT2D eigenvalue weighted by Gasteiger charge is 2.66. The Balaban J connectivity index is 1.79. The summed E-state index contributed by atoms with van der Waals surface area (Å²) in [6.45, 7) is 9.30. The molecule has 1 aromatic heterocycles. The lowest BCUT2D eigenvalue weighted by Crippen LogP contribution is -2.10. The number of para-hydroxylation sites is 1. The van der Waals surface area contributed by atoms with E-state index in [1.807, 2.05) is 6.07 Å². The Hall–Kier alpha value is -0.600. The standard InChI is InChI=1S/C16H20ClNS/c1-15(2)14(16(15,3)4)10(17)9-13-18-11-7-5-6-8-12(11)19-13/h5-8,10,14H,9H2,1-4H3. The van der Waals surface area contributed by atoms with Crippen molar-refractivity contribution < 1.29 is 0 Å². The molecule has 1 unspecified atom stereocenters. The van der Waals surface area contributed by atoms with Gasteiger partial charge in [-0.25, -0.2) is 4.98 Å². The van der Waals surface area contributed by atoms with Crippen molar-refractivity contribution in [3.8, 4) is 0 Å². The zero-order chi connectivity index (χ0) is 13.8. The Kier molecular flexibility index (Phi) is 2.96. The molecule has 0 N–H and O–H groups in total. The summed E-state index contributed by atoms with van der Waals surface area (Å²) < 4.78 is 1.26. The van der Waals surface area contributed by atoms with Gasteiger partial charge in [-0.1, -0.05) is 39.8 Å². The monoisotopic (exact) mass is 293 g/mol. The first kappa shape index (κ1) is 13.4. The summed E-state index contributed by atoms with van der Waals surface area (Å²) in [6.07, 6.45) is 0.887. The molecular formula is C16H20ClNS. The van der Waals surface area contributed by atoms with E-state index in [1.165, 1.54) is 9.71 Å². The normalized spacial score (nSPS) is 22.6. The summed E-state index contributed by atoms with van der Waals surface area (Å²) in [5.74, 6) is 0.577. The minimum atomic E-state index is 0.186. The zero-order valence-electron chi connectivity index (χ0n) is 11.9. The largest absolute Gasteiger partial charge is 0.241 e. The van der Waals surface area contributed by atoms with Crippen LogP contribution in [0.1, 0.15) is 32.7 Å². The fourth-order valence-electron chi connectivity index (χ4n) is 3.44. The van der Waals surface area contributed by atoms with Crippen molar-refractivity contribution in [1.29, 1.82) is 0 Å². The maximum atomic E-state index is 6.68. The SMILES string of the molecule is CC1(C)C(C(Cl)Cc2nc3ccccc3s2)C1(C)C. The van der Waals surface area contributed by atoms with Crippen molar-refractivity contribution >= 4 is 33.2 Å². The summed E-state index contributed by atoms with van der Waals surface area (Å²) in [5, 5.41) is 1.35. The topological polar surface area (TPSA) is 12.9 Å². The molecular weight excluding hydrogens is 274 g/mol. The predicted octanol–water partition coefficient (Wildman–Crippen LogP) is 5.13. The maximum absolute atomic E-state index is 6.68. The zero-order valence-corrected chi connectivity index (χ0v) is 13.5. The fourth-order valence-corrected chi connectivity index (χ4v) is 5.34. The van der Waals surface area contributed by atoms with Crippen molar-refractivity contribution in [2.75, 3.05) is 0 Å². The summed E-state index contributed by atoms with van der Waals surface area (Å²) in [4.78, 5) is 4.69. The lowest BCUT2D eigenvalue weighted by atomic mass is 10.0. The van der Waals surface area contributed by atoms with Crippen molar-refractivity contribution in [2.24, 2.45) is 16.7 Å². The van der Waals surface area contributed by atoms with Gasteiger partial charge in [0.1, 0.15) is 0 Å². The number of benzene rings is 1. The average Bonchev–Trinajstić information content (AvgIpc) is 2.61. The van der Waals surface area contributed by atoms with Gasteiger partial charge in [-0.15, -0.1) is 22.9 Å². The first-order valence-corrected chi connectivity index (χ1v) is 8.08. The third-order valence-electron chi connectivity index (χ3n) is 5.20. The van der Waals surface area contributed by atoms with Crippen LogP contribution in [0, 0.1) is 16.7 Å². The van der Waals surface area contributed by atoms with Gasteiger partial charge in [-0.05, 0) is 28.9 Å². The number of hydrogen-bond acceptors (Lipinski definition) is 2. The lowest BCUT2D eigenvalue weighted by Gasteiger charge is -2.09. The summed E-state index contributed by atoms with van der Waals surface area (Å²) in [7, 11) is 0. The molecule has 0 saturated heterocycles. The van der Waals surface area contributed by atoms with E-state index >= 15 is 0 Å². The molecule has 0 aliphatic heterocycles. The molecule has 19 heavy (non-hydrogen) atoms. The minimum absolute atomic E-state index is 0.186. The van der Waals surface area contributed by atoms with E-state index in [0.717, 1.165) is 11.9 Å². The molecule has 102 valence electrons. The van der Waals surface area contributed by atoms with Gasteiger partial charge in [0.2, 0.25) is 0 Å². The van der Waals surface area contributed by atoms with Gasteiger partial charge >= 0.3 is 0 Å². The second-order valence-electron chi connectivity index (χ2n) is 6.72. The van der Waals surface area contributed by atoms with E-state index < -0.39 is 0 Å². The third-order valence-corrected chi connectivity index (χ3v) is 6.67.